The van der Waals surface area contributed by atoms with Gasteiger partial charge in [0.05, 0.1) is 0 Å². The molecular formula is C15H16N2. The summed E-state index contributed by atoms with van der Waals surface area (Å²) in [7, 11) is 0. The largest absolute Gasteiger partial charge is 0.265 e. The Morgan fingerprint density at radius 2 is 1.88 bits per heavy atom. The first-order valence-corrected chi connectivity index (χ1v) is 6.17. The zero-order valence-electron chi connectivity index (χ0n) is 10.1. The summed E-state index contributed by atoms with van der Waals surface area (Å²) < 4.78 is 0. The van der Waals surface area contributed by atoms with Crippen LogP contribution in [0.3, 0.4) is 0 Å². The van der Waals surface area contributed by atoms with E-state index < -0.39 is 0 Å². The third-order valence-electron chi connectivity index (χ3n) is 3.52. The third kappa shape index (κ3) is 2.21. The minimum absolute atomic E-state index is 0.778. The molecule has 0 radical (unpaired) electrons. The summed E-state index contributed by atoms with van der Waals surface area (Å²) >= 11 is 0. The Bertz CT molecular complexity index is 516. The minimum atomic E-state index is 0.778. The molecule has 0 amide bonds. The van der Waals surface area contributed by atoms with Gasteiger partial charge in [0, 0.05) is 24.8 Å². The number of aromatic nitrogens is 2. The Hall–Kier alpha value is -1.70. The number of rotatable bonds is 3. The fraction of sp³-hybridized carbons (Fsp3) is 0.333. The van der Waals surface area contributed by atoms with E-state index in [1.165, 1.54) is 35.1 Å². The number of nitrogens with zero attached hydrogens (tertiary/aromatic N) is 2. The maximum atomic E-state index is 4.39. The zero-order valence-corrected chi connectivity index (χ0v) is 10.1. The van der Waals surface area contributed by atoms with Gasteiger partial charge in [0.1, 0.15) is 0 Å². The molecule has 0 spiro atoms. The van der Waals surface area contributed by atoms with Crippen LogP contribution in [0.1, 0.15) is 41.0 Å². The Balaban J connectivity index is 1.90. The van der Waals surface area contributed by atoms with E-state index in [1.54, 1.807) is 0 Å². The summed E-state index contributed by atoms with van der Waals surface area (Å²) in [5, 5.41) is 0. The lowest BCUT2D eigenvalue weighted by molar-refractivity contribution is 1.01. The minimum Gasteiger partial charge on any atom is -0.265 e. The van der Waals surface area contributed by atoms with Crippen molar-refractivity contribution in [3.05, 3.63) is 59.2 Å². The van der Waals surface area contributed by atoms with Gasteiger partial charge in [-0.3, -0.25) is 9.97 Å². The molecule has 3 rings (SSSR count). The predicted octanol–water partition coefficient (Wildman–Crippen LogP) is 3.25. The molecule has 0 bridgehead atoms. The van der Waals surface area contributed by atoms with Crippen molar-refractivity contribution in [2.75, 3.05) is 0 Å². The summed E-state index contributed by atoms with van der Waals surface area (Å²) in [6, 6.07) is 4.15. The normalized spacial score (nSPS) is 14.9. The second-order valence-electron chi connectivity index (χ2n) is 4.82. The first-order valence-electron chi connectivity index (χ1n) is 6.17. The third-order valence-corrected chi connectivity index (χ3v) is 3.52. The lowest BCUT2D eigenvalue weighted by Gasteiger charge is -2.09. The van der Waals surface area contributed by atoms with E-state index in [4.69, 9.17) is 0 Å². The second kappa shape index (κ2) is 4.28. The zero-order chi connectivity index (χ0) is 11.7. The summed E-state index contributed by atoms with van der Waals surface area (Å²) in [5.74, 6) is 0.778. The molecule has 0 atom stereocenters. The molecule has 1 aliphatic rings. The number of hydrogen-bond acceptors (Lipinski definition) is 2. The molecule has 0 unspecified atom stereocenters. The van der Waals surface area contributed by atoms with Crippen LogP contribution in [0.2, 0.25) is 0 Å². The van der Waals surface area contributed by atoms with Crippen LogP contribution in [-0.4, -0.2) is 9.97 Å². The van der Waals surface area contributed by atoms with Crippen LogP contribution in [0.4, 0.5) is 0 Å². The molecule has 2 aromatic heterocycles. The van der Waals surface area contributed by atoms with Crippen LogP contribution >= 0.6 is 0 Å². The Morgan fingerprint density at radius 3 is 2.59 bits per heavy atom. The molecular weight excluding hydrogens is 208 g/mol. The van der Waals surface area contributed by atoms with Gasteiger partial charge in [-0.05, 0) is 66.5 Å². The lowest BCUT2D eigenvalue weighted by atomic mass is 9.98. The standard InChI is InChI=1S/C15H16N2/c1-11-14(8-12-4-6-16-7-5-12)9-17-10-15(11)13-2-3-13/h4-7,9-10,13H,2-3,8H2,1H3. The van der Waals surface area contributed by atoms with E-state index in [1.807, 2.05) is 24.8 Å². The van der Waals surface area contributed by atoms with Crippen molar-refractivity contribution in [2.45, 2.75) is 32.1 Å². The van der Waals surface area contributed by atoms with Crippen LogP contribution in [0, 0.1) is 6.92 Å². The SMILES string of the molecule is Cc1c(Cc2ccncc2)cncc1C1CC1. The monoisotopic (exact) mass is 224 g/mol. The second-order valence-corrected chi connectivity index (χ2v) is 4.82. The Labute approximate surface area is 102 Å². The molecule has 1 aliphatic carbocycles. The molecule has 17 heavy (non-hydrogen) atoms. The first-order chi connectivity index (χ1) is 8.34. The van der Waals surface area contributed by atoms with E-state index >= 15 is 0 Å². The van der Waals surface area contributed by atoms with E-state index in [2.05, 4.69) is 29.0 Å². The van der Waals surface area contributed by atoms with Gasteiger partial charge >= 0.3 is 0 Å². The van der Waals surface area contributed by atoms with Crippen molar-refractivity contribution in [1.29, 1.82) is 0 Å². The van der Waals surface area contributed by atoms with Crippen molar-refractivity contribution in [3.63, 3.8) is 0 Å². The van der Waals surface area contributed by atoms with Crippen LogP contribution in [0.15, 0.2) is 36.9 Å². The average molecular weight is 224 g/mol. The lowest BCUT2D eigenvalue weighted by Crippen LogP contribution is -1.97. The van der Waals surface area contributed by atoms with E-state index in [0.717, 1.165) is 12.3 Å². The molecule has 2 heteroatoms. The van der Waals surface area contributed by atoms with Crippen molar-refractivity contribution >= 4 is 0 Å². The van der Waals surface area contributed by atoms with Gasteiger partial charge in [-0.2, -0.15) is 0 Å². The topological polar surface area (TPSA) is 25.8 Å². The first kappa shape index (κ1) is 10.5. The molecule has 0 aliphatic heterocycles. The number of hydrogen-bond donors (Lipinski definition) is 0. The molecule has 1 fully saturated rings. The van der Waals surface area contributed by atoms with Gasteiger partial charge < -0.3 is 0 Å². The molecule has 0 aromatic carbocycles. The molecule has 2 aromatic rings. The Morgan fingerprint density at radius 1 is 1.12 bits per heavy atom. The molecule has 2 heterocycles. The highest BCUT2D eigenvalue weighted by Crippen LogP contribution is 2.41. The van der Waals surface area contributed by atoms with E-state index in [0.29, 0.717) is 0 Å². The maximum absolute atomic E-state index is 4.39. The van der Waals surface area contributed by atoms with E-state index in [9.17, 15) is 0 Å². The van der Waals surface area contributed by atoms with Gasteiger partial charge in [-0.1, -0.05) is 0 Å². The smallest absolute Gasteiger partial charge is 0.0306 e. The quantitative estimate of drug-likeness (QED) is 0.799. The van der Waals surface area contributed by atoms with E-state index in [-0.39, 0.29) is 0 Å². The summed E-state index contributed by atoms with van der Waals surface area (Å²) in [6.45, 7) is 2.23. The fourth-order valence-corrected chi connectivity index (χ4v) is 2.29. The van der Waals surface area contributed by atoms with Crippen LogP contribution in [0.5, 0.6) is 0 Å². The van der Waals surface area contributed by atoms with Gasteiger partial charge in [0.2, 0.25) is 0 Å². The van der Waals surface area contributed by atoms with Crippen molar-refractivity contribution in [2.24, 2.45) is 0 Å². The molecule has 1 saturated carbocycles. The predicted molar refractivity (Wildman–Crippen MR) is 68.0 cm³/mol. The highest BCUT2D eigenvalue weighted by atomic mass is 14.6. The summed E-state index contributed by atoms with van der Waals surface area (Å²) in [5.41, 5.74) is 5.54. The summed E-state index contributed by atoms with van der Waals surface area (Å²) in [6.07, 6.45) is 11.4. The molecule has 0 saturated heterocycles. The highest BCUT2D eigenvalue weighted by molar-refractivity contribution is 5.37. The van der Waals surface area contributed by atoms with Crippen molar-refractivity contribution < 1.29 is 0 Å². The van der Waals surface area contributed by atoms with Crippen LogP contribution in [-0.2, 0) is 6.42 Å². The van der Waals surface area contributed by atoms with Crippen LogP contribution < -0.4 is 0 Å². The number of pyridine rings is 2. The van der Waals surface area contributed by atoms with Gasteiger partial charge in [0.25, 0.3) is 0 Å². The van der Waals surface area contributed by atoms with Crippen LogP contribution in [0.25, 0.3) is 0 Å². The van der Waals surface area contributed by atoms with Crippen molar-refractivity contribution in [3.8, 4) is 0 Å². The van der Waals surface area contributed by atoms with Gasteiger partial charge in [-0.15, -0.1) is 0 Å². The molecule has 2 nitrogen and oxygen atoms in total. The molecule has 86 valence electrons. The highest BCUT2D eigenvalue weighted by Gasteiger charge is 2.25. The fourth-order valence-electron chi connectivity index (χ4n) is 2.29. The summed E-state index contributed by atoms with van der Waals surface area (Å²) in [4.78, 5) is 8.44. The van der Waals surface area contributed by atoms with Gasteiger partial charge in [0.15, 0.2) is 0 Å². The molecule has 0 N–H and O–H groups in total. The van der Waals surface area contributed by atoms with Crippen molar-refractivity contribution in [1.82, 2.24) is 9.97 Å². The average Bonchev–Trinajstić information content (AvgIpc) is 3.17. The Kier molecular flexibility index (Phi) is 2.63. The maximum Gasteiger partial charge on any atom is 0.0306 e. The van der Waals surface area contributed by atoms with Gasteiger partial charge in [-0.25, -0.2) is 0 Å².